The third kappa shape index (κ3) is 5.94. The number of Topliss-reactive ketones (excluding diaryl/α,β-unsaturated/α-hetero) is 1. The zero-order valence-electron chi connectivity index (χ0n) is 24.5. The lowest BCUT2D eigenvalue weighted by Crippen LogP contribution is -2.46. The summed E-state index contributed by atoms with van der Waals surface area (Å²) in [4.78, 5) is 47.3. The number of fused-ring (bicyclic) bond motifs is 3. The second-order valence-electron chi connectivity index (χ2n) is 13.0. The fraction of sp³-hybridized carbons (Fsp3) is 0.613. The van der Waals surface area contributed by atoms with Crippen molar-refractivity contribution >= 4 is 50.3 Å². The molecule has 1 N–H and O–H groups in total. The Bertz CT molecular complexity index is 1580. The van der Waals surface area contributed by atoms with Crippen molar-refractivity contribution < 1.29 is 32.0 Å². The first kappa shape index (κ1) is 30.1. The lowest BCUT2D eigenvalue weighted by atomic mass is 9.91. The average molecular weight is 632 g/mol. The zero-order chi connectivity index (χ0) is 30.6. The van der Waals surface area contributed by atoms with E-state index in [2.05, 4.69) is 9.71 Å². The fourth-order valence-corrected chi connectivity index (χ4v) is 7.91. The van der Waals surface area contributed by atoms with Gasteiger partial charge in [-0.1, -0.05) is 43.5 Å². The summed E-state index contributed by atoms with van der Waals surface area (Å²) in [6, 6.07) is 4.23. The predicted octanol–water partition coefficient (Wildman–Crippen LogP) is 4.95. The molecule has 2 amide bonds. The van der Waals surface area contributed by atoms with E-state index >= 15 is 0 Å². The van der Waals surface area contributed by atoms with Crippen molar-refractivity contribution in [3.05, 3.63) is 35.4 Å². The number of carbonyl (C=O) groups is 3. The normalized spacial score (nSPS) is 31.8. The molecule has 0 radical (unpaired) electrons. The average Bonchev–Trinajstić information content (AvgIpc) is 3.76. The number of allylic oxidation sites excluding steroid dienone is 2. The highest BCUT2D eigenvalue weighted by Crippen LogP contribution is 2.57. The minimum atomic E-state index is -3.87. The molecule has 4 aliphatic rings. The van der Waals surface area contributed by atoms with E-state index in [0.29, 0.717) is 41.8 Å². The molecule has 3 fully saturated rings. The maximum atomic E-state index is 14.0. The maximum Gasteiger partial charge on any atom is 0.394 e. The van der Waals surface area contributed by atoms with Gasteiger partial charge in [0.25, 0.3) is 0 Å². The Morgan fingerprint density at radius 1 is 1.21 bits per heavy atom. The van der Waals surface area contributed by atoms with Gasteiger partial charge in [0, 0.05) is 23.8 Å². The van der Waals surface area contributed by atoms with Gasteiger partial charge in [0.1, 0.15) is 11.6 Å². The van der Waals surface area contributed by atoms with Gasteiger partial charge < -0.3 is 14.1 Å². The van der Waals surface area contributed by atoms with Crippen LogP contribution in [0.25, 0.3) is 11.1 Å². The number of rotatable bonds is 5. The molecule has 2 aromatic rings. The Balaban J connectivity index is 1.25. The highest BCUT2D eigenvalue weighted by atomic mass is 35.5. The van der Waals surface area contributed by atoms with Crippen molar-refractivity contribution in [3.63, 3.8) is 0 Å². The quantitative estimate of drug-likeness (QED) is 0.458. The molecule has 3 heterocycles. The van der Waals surface area contributed by atoms with Crippen LogP contribution < -0.4 is 9.46 Å². The van der Waals surface area contributed by atoms with E-state index in [1.165, 1.54) is 0 Å². The number of halogens is 1. The molecule has 0 bridgehead atoms. The van der Waals surface area contributed by atoms with Crippen molar-refractivity contribution in [1.82, 2.24) is 14.6 Å². The Morgan fingerprint density at radius 2 is 2.00 bits per heavy atom. The number of sulfonamides is 1. The summed E-state index contributed by atoms with van der Waals surface area (Å²) in [5, 5.41) is 0.509. The first-order valence-corrected chi connectivity index (χ1v) is 17.1. The molecule has 43 heavy (non-hydrogen) atoms. The Hall–Kier alpha value is -2.92. The lowest BCUT2D eigenvalue weighted by molar-refractivity contribution is -0.141. The number of nitrogens with one attached hydrogen (secondary N) is 1. The highest BCUT2D eigenvalue weighted by Gasteiger charge is 2.62. The number of carbonyl (C=O) groups excluding carboxylic acids is 3. The summed E-state index contributed by atoms with van der Waals surface area (Å²) >= 11 is 6.08. The standard InChI is InChI=1S/C31H38ClN3O7S/c1-19-8-6-4-3-5-7-9-20-16-31(20,28(38)34-43(39,40)30(2)12-13-30)17-25(36)24-15-22(18-35(24)27(19)37)41-29-33-23-14-21(32)10-11-26(23)42-29/h7,9-11,14,19-20,22,24H,3-6,8,12-13,15-18H2,1-2H3,(H,34,38)/b9-7-/t19-,20-,22+,24-,31+/m0/s1. The number of hydrogen-bond acceptors (Lipinski definition) is 8. The molecular formula is C31H38ClN3O7S. The van der Waals surface area contributed by atoms with Gasteiger partial charge >= 0.3 is 6.08 Å². The van der Waals surface area contributed by atoms with Crippen LogP contribution in [-0.4, -0.2) is 59.3 Å². The molecule has 2 aliphatic carbocycles. The molecule has 1 aromatic heterocycles. The number of benzene rings is 1. The summed E-state index contributed by atoms with van der Waals surface area (Å²) < 4.78 is 39.0. The molecule has 6 rings (SSSR count). The van der Waals surface area contributed by atoms with Crippen LogP contribution in [0.4, 0.5) is 0 Å². The number of aromatic nitrogens is 1. The van der Waals surface area contributed by atoms with E-state index in [1.807, 2.05) is 19.1 Å². The second kappa shape index (κ2) is 11.2. The monoisotopic (exact) mass is 631 g/mol. The van der Waals surface area contributed by atoms with Crippen LogP contribution in [0.15, 0.2) is 34.8 Å². The number of oxazole rings is 1. The Morgan fingerprint density at radius 3 is 2.77 bits per heavy atom. The van der Waals surface area contributed by atoms with Gasteiger partial charge in [0.2, 0.25) is 21.8 Å². The molecule has 5 atom stereocenters. The minimum Gasteiger partial charge on any atom is -0.445 e. The summed E-state index contributed by atoms with van der Waals surface area (Å²) in [6.45, 7) is 3.69. The molecule has 0 spiro atoms. The highest BCUT2D eigenvalue weighted by molar-refractivity contribution is 7.91. The largest absolute Gasteiger partial charge is 0.445 e. The van der Waals surface area contributed by atoms with Gasteiger partial charge in [-0.3, -0.25) is 19.1 Å². The minimum absolute atomic E-state index is 0.0278. The molecule has 0 unspecified atom stereocenters. The van der Waals surface area contributed by atoms with Crippen LogP contribution >= 0.6 is 11.6 Å². The van der Waals surface area contributed by atoms with Crippen LogP contribution in [0, 0.1) is 17.3 Å². The maximum absolute atomic E-state index is 14.0. The van der Waals surface area contributed by atoms with Gasteiger partial charge in [-0.15, -0.1) is 0 Å². The summed E-state index contributed by atoms with van der Waals surface area (Å²) in [6.07, 6.45) is 9.26. The van der Waals surface area contributed by atoms with Crippen LogP contribution in [0.2, 0.25) is 5.02 Å². The molecule has 1 aromatic carbocycles. The topological polar surface area (TPSA) is 136 Å². The summed E-state index contributed by atoms with van der Waals surface area (Å²) in [5.74, 6) is -1.55. The Labute approximate surface area is 256 Å². The van der Waals surface area contributed by atoms with Gasteiger partial charge in [0.15, 0.2) is 11.4 Å². The van der Waals surface area contributed by atoms with Gasteiger partial charge in [-0.05, 0) is 69.6 Å². The summed E-state index contributed by atoms with van der Waals surface area (Å²) in [5.41, 5.74) is -0.124. The van der Waals surface area contributed by atoms with Crippen molar-refractivity contribution in [2.24, 2.45) is 17.3 Å². The molecule has 1 saturated heterocycles. The third-order valence-corrected chi connectivity index (χ3v) is 12.1. The van der Waals surface area contributed by atoms with Gasteiger partial charge in [0.05, 0.1) is 22.7 Å². The molecule has 232 valence electrons. The van der Waals surface area contributed by atoms with E-state index < -0.39 is 38.2 Å². The van der Waals surface area contributed by atoms with Crippen LogP contribution in [0.3, 0.4) is 0 Å². The number of nitrogens with zero attached hydrogens (tertiary/aromatic N) is 2. The zero-order valence-corrected chi connectivity index (χ0v) is 26.1. The van der Waals surface area contributed by atoms with E-state index in [9.17, 15) is 22.8 Å². The first-order chi connectivity index (χ1) is 20.4. The van der Waals surface area contributed by atoms with E-state index in [4.69, 9.17) is 20.8 Å². The molecule has 2 aliphatic heterocycles. The third-order valence-electron chi connectivity index (χ3n) is 9.72. The number of hydrogen-bond donors (Lipinski definition) is 1. The fourth-order valence-electron chi connectivity index (χ4n) is 6.41. The van der Waals surface area contributed by atoms with E-state index in [0.717, 1.165) is 25.7 Å². The van der Waals surface area contributed by atoms with Gasteiger partial charge in [-0.25, -0.2) is 8.42 Å². The number of ketones is 1. The van der Waals surface area contributed by atoms with Crippen LogP contribution in [0.5, 0.6) is 6.08 Å². The number of amides is 2. The van der Waals surface area contributed by atoms with Crippen molar-refractivity contribution in [3.8, 4) is 6.08 Å². The second-order valence-corrected chi connectivity index (χ2v) is 15.7. The first-order valence-electron chi connectivity index (χ1n) is 15.2. The number of ether oxygens (including phenoxy) is 1. The van der Waals surface area contributed by atoms with Crippen LogP contribution in [-0.2, 0) is 24.4 Å². The SMILES string of the molecule is C[C@H]1CCCCC/C=C\[C@H]2C[C@@]2(C(=O)NS(=O)(=O)C2(C)CC2)CC(=O)[C@@H]2C[C@@H](Oc3nc4cc(Cl)ccc4o3)CN2C1=O. The molecule has 12 heteroatoms. The lowest BCUT2D eigenvalue weighted by Gasteiger charge is -2.27. The van der Waals surface area contributed by atoms with E-state index in [1.54, 1.807) is 30.0 Å². The smallest absolute Gasteiger partial charge is 0.394 e. The van der Waals surface area contributed by atoms with Crippen molar-refractivity contribution in [2.45, 2.75) is 94.9 Å². The summed E-state index contributed by atoms with van der Waals surface area (Å²) in [7, 11) is -3.87. The predicted molar refractivity (Wildman–Crippen MR) is 160 cm³/mol. The van der Waals surface area contributed by atoms with E-state index in [-0.39, 0.29) is 49.0 Å². The molecule has 2 saturated carbocycles. The molecular weight excluding hydrogens is 594 g/mol. The molecule has 10 nitrogen and oxygen atoms in total. The van der Waals surface area contributed by atoms with Crippen molar-refractivity contribution in [1.29, 1.82) is 0 Å². The van der Waals surface area contributed by atoms with Gasteiger partial charge in [-0.2, -0.15) is 4.98 Å². The Kier molecular flexibility index (Phi) is 7.86. The van der Waals surface area contributed by atoms with Crippen LogP contribution in [0.1, 0.15) is 78.1 Å². The van der Waals surface area contributed by atoms with Crippen molar-refractivity contribution in [2.75, 3.05) is 6.54 Å².